The second-order valence-electron chi connectivity index (χ2n) is 6.89. The van der Waals surface area contributed by atoms with Crippen molar-refractivity contribution < 1.29 is 27.4 Å². The maximum atomic E-state index is 12.9. The Balaban J connectivity index is 2.06. The predicted molar refractivity (Wildman–Crippen MR) is 115 cm³/mol. The van der Waals surface area contributed by atoms with E-state index in [9.17, 15) is 27.6 Å². The molecule has 0 spiro atoms. The summed E-state index contributed by atoms with van der Waals surface area (Å²) in [7, 11) is 1.49. The van der Waals surface area contributed by atoms with Gasteiger partial charge in [-0.15, -0.1) is 13.2 Å². The van der Waals surface area contributed by atoms with Crippen molar-refractivity contribution in [2.45, 2.75) is 26.3 Å². The van der Waals surface area contributed by atoms with Crippen LogP contribution in [0.4, 0.5) is 13.2 Å². The summed E-state index contributed by atoms with van der Waals surface area (Å²) in [5, 5.41) is 0.248. The van der Waals surface area contributed by atoms with Crippen molar-refractivity contribution in [1.29, 1.82) is 0 Å². The maximum Gasteiger partial charge on any atom is 0.573 e. The number of aromatic nitrogens is 2. The Morgan fingerprint density at radius 1 is 1.16 bits per heavy atom. The highest BCUT2D eigenvalue weighted by Crippen LogP contribution is 2.35. The molecular weight excluding hydrogens is 497 g/mol. The minimum Gasteiger partial charge on any atom is -0.466 e. The molecule has 0 saturated carbocycles. The Kier molecular flexibility index (Phi) is 6.77. The lowest BCUT2D eigenvalue weighted by Crippen LogP contribution is -2.39. The zero-order valence-electron chi connectivity index (χ0n) is 17.0. The Bertz CT molecular complexity index is 1300. The number of ether oxygens (including phenoxy) is 2. The molecule has 0 saturated heterocycles. The predicted octanol–water partition coefficient (Wildman–Crippen LogP) is 3.98. The van der Waals surface area contributed by atoms with Crippen LogP contribution in [0.25, 0.3) is 22.0 Å². The van der Waals surface area contributed by atoms with E-state index in [1.165, 1.54) is 42.8 Å². The number of nitrogens with zero attached hydrogens (tertiary/aromatic N) is 2. The van der Waals surface area contributed by atoms with Crippen LogP contribution in [0.2, 0.25) is 0 Å². The van der Waals surface area contributed by atoms with Gasteiger partial charge < -0.3 is 9.47 Å². The van der Waals surface area contributed by atoms with Gasteiger partial charge in [-0.3, -0.25) is 18.7 Å². The van der Waals surface area contributed by atoms with Crippen molar-refractivity contribution >= 4 is 32.8 Å². The lowest BCUT2D eigenvalue weighted by atomic mass is 10.0. The summed E-state index contributed by atoms with van der Waals surface area (Å²) < 4.78 is 49.2. The topological polar surface area (TPSA) is 79.5 Å². The molecule has 1 heterocycles. The van der Waals surface area contributed by atoms with Gasteiger partial charge in [-0.2, -0.15) is 0 Å². The molecule has 32 heavy (non-hydrogen) atoms. The van der Waals surface area contributed by atoms with E-state index in [2.05, 4.69) is 20.7 Å². The Morgan fingerprint density at radius 2 is 1.88 bits per heavy atom. The maximum absolute atomic E-state index is 12.9. The van der Waals surface area contributed by atoms with Gasteiger partial charge in [-0.1, -0.05) is 18.2 Å². The molecule has 3 rings (SSSR count). The highest BCUT2D eigenvalue weighted by atomic mass is 79.9. The van der Waals surface area contributed by atoms with E-state index >= 15 is 0 Å². The average Bonchev–Trinajstić information content (AvgIpc) is 2.70. The Labute approximate surface area is 188 Å². The SMILES string of the molecule is CC(=O)OCCCn1c(=O)c2ccc(-c3cccc(OC(F)(F)F)c3)c(Br)c2n(C)c1=O. The van der Waals surface area contributed by atoms with Gasteiger partial charge in [0.2, 0.25) is 0 Å². The number of carbonyl (C=O) groups is 1. The standard InChI is InChI=1S/C21H18BrF3N2O5/c1-12(28)31-10-4-9-27-19(29)16-8-7-15(17(22)18(16)26(2)20(27)30)13-5-3-6-14(11-13)32-21(23,24)25/h3,5-8,11H,4,9-10H2,1-2H3. The number of carbonyl (C=O) groups excluding carboxylic acids is 1. The second kappa shape index (κ2) is 9.19. The van der Waals surface area contributed by atoms with Crippen molar-refractivity contribution in [3.05, 3.63) is 61.7 Å². The van der Waals surface area contributed by atoms with Gasteiger partial charge in [-0.25, -0.2) is 4.79 Å². The zero-order valence-corrected chi connectivity index (χ0v) is 18.6. The van der Waals surface area contributed by atoms with Gasteiger partial charge in [0.1, 0.15) is 5.75 Å². The first-order valence-corrected chi connectivity index (χ1v) is 10.2. The minimum absolute atomic E-state index is 0.0604. The van der Waals surface area contributed by atoms with E-state index in [1.807, 2.05) is 0 Å². The number of hydrogen-bond donors (Lipinski definition) is 0. The smallest absolute Gasteiger partial charge is 0.466 e. The van der Waals surface area contributed by atoms with Crippen molar-refractivity contribution in [2.24, 2.45) is 7.05 Å². The van der Waals surface area contributed by atoms with Crippen molar-refractivity contribution in [3.63, 3.8) is 0 Å². The van der Waals surface area contributed by atoms with Crippen LogP contribution in [0, 0.1) is 0 Å². The molecule has 0 aliphatic carbocycles. The summed E-state index contributed by atoms with van der Waals surface area (Å²) in [5.74, 6) is -0.844. The summed E-state index contributed by atoms with van der Waals surface area (Å²) in [6.07, 6.45) is -4.55. The molecule has 0 N–H and O–H groups in total. The molecule has 0 amide bonds. The van der Waals surface area contributed by atoms with Gasteiger partial charge >= 0.3 is 18.0 Å². The summed E-state index contributed by atoms with van der Waals surface area (Å²) in [6.45, 7) is 1.40. The minimum atomic E-state index is -4.83. The third-order valence-corrected chi connectivity index (χ3v) is 5.46. The number of rotatable bonds is 6. The number of halogens is 4. The summed E-state index contributed by atoms with van der Waals surface area (Å²) in [6, 6.07) is 8.48. The van der Waals surface area contributed by atoms with E-state index < -0.39 is 23.6 Å². The first-order chi connectivity index (χ1) is 15.0. The van der Waals surface area contributed by atoms with Crippen molar-refractivity contribution in [1.82, 2.24) is 9.13 Å². The van der Waals surface area contributed by atoms with Crippen LogP contribution in [-0.2, 0) is 23.1 Å². The van der Waals surface area contributed by atoms with Crippen LogP contribution >= 0.6 is 15.9 Å². The third-order valence-electron chi connectivity index (χ3n) is 4.65. The van der Waals surface area contributed by atoms with Gasteiger partial charge in [0, 0.05) is 20.5 Å². The molecular formula is C21H18BrF3N2O5. The van der Waals surface area contributed by atoms with Crippen LogP contribution in [0.5, 0.6) is 5.75 Å². The molecule has 0 unspecified atom stereocenters. The highest BCUT2D eigenvalue weighted by molar-refractivity contribution is 9.10. The van der Waals surface area contributed by atoms with E-state index in [4.69, 9.17) is 4.74 Å². The molecule has 0 atom stereocenters. The monoisotopic (exact) mass is 514 g/mol. The van der Waals surface area contributed by atoms with Gasteiger partial charge in [0.15, 0.2) is 0 Å². The zero-order chi connectivity index (χ0) is 23.6. The fraction of sp³-hybridized carbons (Fsp3) is 0.286. The number of alkyl halides is 3. The molecule has 7 nitrogen and oxygen atoms in total. The lowest BCUT2D eigenvalue weighted by Gasteiger charge is -2.15. The number of benzene rings is 2. The molecule has 2 aromatic carbocycles. The number of aryl methyl sites for hydroxylation is 1. The van der Waals surface area contributed by atoms with E-state index in [0.29, 0.717) is 21.1 Å². The molecule has 0 aliphatic rings. The average molecular weight is 515 g/mol. The molecule has 3 aromatic rings. The molecule has 0 bridgehead atoms. The van der Waals surface area contributed by atoms with Crippen LogP contribution < -0.4 is 16.0 Å². The summed E-state index contributed by atoms with van der Waals surface area (Å²) >= 11 is 3.40. The van der Waals surface area contributed by atoms with Crippen molar-refractivity contribution in [2.75, 3.05) is 6.61 Å². The van der Waals surface area contributed by atoms with Gasteiger partial charge in [0.25, 0.3) is 5.56 Å². The summed E-state index contributed by atoms with van der Waals surface area (Å²) in [4.78, 5) is 36.6. The number of hydrogen-bond acceptors (Lipinski definition) is 5. The molecule has 0 fully saturated rings. The first-order valence-electron chi connectivity index (χ1n) is 9.41. The summed E-state index contributed by atoms with van der Waals surface area (Å²) in [5.41, 5.74) is 0.0891. The molecule has 170 valence electrons. The largest absolute Gasteiger partial charge is 0.573 e. The van der Waals surface area contributed by atoms with Crippen LogP contribution in [-0.4, -0.2) is 28.1 Å². The molecule has 0 aliphatic heterocycles. The fourth-order valence-electron chi connectivity index (χ4n) is 3.29. The van der Waals surface area contributed by atoms with Gasteiger partial charge in [0.05, 0.1) is 22.0 Å². The number of esters is 1. The van der Waals surface area contributed by atoms with E-state index in [0.717, 1.165) is 4.57 Å². The molecule has 1 aromatic heterocycles. The number of fused-ring (bicyclic) bond motifs is 1. The Hall–Kier alpha value is -3.08. The quantitative estimate of drug-likeness (QED) is 0.367. The van der Waals surface area contributed by atoms with Crippen LogP contribution in [0.3, 0.4) is 0 Å². The highest BCUT2D eigenvalue weighted by Gasteiger charge is 2.31. The van der Waals surface area contributed by atoms with Crippen molar-refractivity contribution in [3.8, 4) is 16.9 Å². The third kappa shape index (κ3) is 5.04. The van der Waals surface area contributed by atoms with Gasteiger partial charge in [-0.05, 0) is 51.7 Å². The van der Waals surface area contributed by atoms with Crippen LogP contribution in [0.1, 0.15) is 13.3 Å². The fourth-order valence-corrected chi connectivity index (χ4v) is 4.13. The Morgan fingerprint density at radius 3 is 2.53 bits per heavy atom. The lowest BCUT2D eigenvalue weighted by molar-refractivity contribution is -0.274. The van der Waals surface area contributed by atoms with E-state index in [1.54, 1.807) is 12.1 Å². The molecule has 11 heteroatoms. The molecule has 0 radical (unpaired) electrons. The normalized spacial score (nSPS) is 11.6. The first kappa shape index (κ1) is 23.6. The van der Waals surface area contributed by atoms with Crippen LogP contribution in [0.15, 0.2) is 50.5 Å². The second-order valence-corrected chi connectivity index (χ2v) is 7.68. The van der Waals surface area contributed by atoms with E-state index in [-0.39, 0.29) is 30.7 Å².